The second kappa shape index (κ2) is 8.55. The van der Waals surface area contributed by atoms with Crippen LogP contribution < -0.4 is 15.8 Å². The third-order valence-electron chi connectivity index (χ3n) is 2.86. The molecule has 5 heteroatoms. The monoisotopic (exact) mass is 279 g/mol. The lowest BCUT2D eigenvalue weighted by Crippen LogP contribution is -2.20. The average Bonchev–Trinajstić information content (AvgIpc) is 2.38. The van der Waals surface area contributed by atoms with Gasteiger partial charge in [0.25, 0.3) is 0 Å². The molecule has 1 amide bonds. The number of amides is 1. The summed E-state index contributed by atoms with van der Waals surface area (Å²) >= 11 is 0. The quantitative estimate of drug-likeness (QED) is 0.757. The molecule has 0 aliphatic carbocycles. The zero-order chi connectivity index (χ0) is 15.0. The van der Waals surface area contributed by atoms with Gasteiger partial charge in [-0.25, -0.2) is 0 Å². The Balaban J connectivity index is 2.48. The van der Waals surface area contributed by atoms with Crippen LogP contribution in [0.4, 0.5) is 5.69 Å². The van der Waals surface area contributed by atoms with Crippen molar-refractivity contribution in [2.24, 2.45) is 11.7 Å². The van der Waals surface area contributed by atoms with Gasteiger partial charge in [-0.1, -0.05) is 13.0 Å². The zero-order valence-electron chi connectivity index (χ0n) is 12.6. The summed E-state index contributed by atoms with van der Waals surface area (Å²) in [7, 11) is 4.00. The van der Waals surface area contributed by atoms with Crippen LogP contribution >= 0.6 is 0 Å². The Bertz CT molecular complexity index is 421. The molecule has 1 unspecified atom stereocenters. The molecule has 1 aromatic rings. The van der Waals surface area contributed by atoms with Crippen molar-refractivity contribution in [2.75, 3.05) is 39.1 Å². The Morgan fingerprint density at radius 1 is 1.45 bits per heavy atom. The normalized spacial score (nSPS) is 12.2. The van der Waals surface area contributed by atoms with E-state index < -0.39 is 0 Å². The number of carbonyl (C=O) groups is 1. The van der Waals surface area contributed by atoms with Gasteiger partial charge in [-0.15, -0.1) is 0 Å². The molecule has 0 bridgehead atoms. The predicted molar refractivity (Wildman–Crippen MR) is 82.0 cm³/mol. The molecular formula is C15H25N3O2. The number of hydrogen-bond donors (Lipinski definition) is 2. The van der Waals surface area contributed by atoms with E-state index in [1.807, 2.05) is 45.3 Å². The van der Waals surface area contributed by atoms with Gasteiger partial charge in [-0.3, -0.25) is 4.79 Å². The highest BCUT2D eigenvalue weighted by atomic mass is 16.5. The minimum Gasteiger partial charge on any atom is -0.492 e. The van der Waals surface area contributed by atoms with Crippen LogP contribution in [0.15, 0.2) is 24.3 Å². The summed E-state index contributed by atoms with van der Waals surface area (Å²) in [6.45, 7) is 3.95. The Kier molecular flexibility index (Phi) is 7.04. The van der Waals surface area contributed by atoms with Crippen LogP contribution in [0, 0.1) is 5.92 Å². The number of hydrogen-bond acceptors (Lipinski definition) is 4. The van der Waals surface area contributed by atoms with Gasteiger partial charge in [-0.05, 0) is 38.7 Å². The molecule has 0 aliphatic heterocycles. The maximum atomic E-state index is 11.8. The molecular weight excluding hydrogens is 254 g/mol. The Morgan fingerprint density at radius 2 is 2.20 bits per heavy atom. The van der Waals surface area contributed by atoms with Gasteiger partial charge < -0.3 is 20.7 Å². The van der Waals surface area contributed by atoms with Crippen molar-refractivity contribution in [3.8, 4) is 5.75 Å². The lowest BCUT2D eigenvalue weighted by Gasteiger charge is -2.12. The van der Waals surface area contributed by atoms with Crippen molar-refractivity contribution < 1.29 is 9.53 Å². The molecule has 0 aromatic heterocycles. The van der Waals surface area contributed by atoms with Crippen molar-refractivity contribution in [2.45, 2.75) is 13.3 Å². The lowest BCUT2D eigenvalue weighted by molar-refractivity contribution is -0.116. The Labute approximate surface area is 121 Å². The van der Waals surface area contributed by atoms with Gasteiger partial charge in [0.2, 0.25) is 5.91 Å². The summed E-state index contributed by atoms with van der Waals surface area (Å²) in [5.74, 6) is 0.930. The molecule has 0 aliphatic rings. The maximum absolute atomic E-state index is 11.8. The van der Waals surface area contributed by atoms with E-state index in [-0.39, 0.29) is 11.8 Å². The first-order valence-electron chi connectivity index (χ1n) is 6.88. The third kappa shape index (κ3) is 6.54. The number of likely N-dealkylation sites (N-methyl/N-ethyl adjacent to an activating group) is 1. The fourth-order valence-corrected chi connectivity index (χ4v) is 1.62. The van der Waals surface area contributed by atoms with E-state index in [4.69, 9.17) is 10.5 Å². The van der Waals surface area contributed by atoms with E-state index >= 15 is 0 Å². The highest BCUT2D eigenvalue weighted by molar-refractivity contribution is 5.91. The number of nitrogens with two attached hydrogens (primary N) is 1. The molecule has 1 rings (SSSR count). The molecule has 0 fully saturated rings. The topological polar surface area (TPSA) is 67.6 Å². The van der Waals surface area contributed by atoms with E-state index in [1.165, 1.54) is 0 Å². The van der Waals surface area contributed by atoms with Crippen molar-refractivity contribution in [3.05, 3.63) is 24.3 Å². The molecule has 0 spiro atoms. The second-order valence-electron chi connectivity index (χ2n) is 5.27. The van der Waals surface area contributed by atoms with Gasteiger partial charge >= 0.3 is 0 Å². The molecule has 0 radical (unpaired) electrons. The van der Waals surface area contributed by atoms with E-state index in [0.717, 1.165) is 18.0 Å². The summed E-state index contributed by atoms with van der Waals surface area (Å²) in [6.07, 6.45) is 0.433. The molecule has 1 atom stereocenters. The van der Waals surface area contributed by atoms with Crippen LogP contribution in [0.25, 0.3) is 0 Å². The molecule has 3 N–H and O–H groups in total. The van der Waals surface area contributed by atoms with Crippen LogP contribution in [-0.2, 0) is 4.79 Å². The molecule has 0 saturated heterocycles. The SMILES string of the molecule is CC(CN)CC(=O)Nc1cccc(OCCN(C)C)c1. The van der Waals surface area contributed by atoms with Gasteiger partial charge in [-0.2, -0.15) is 0 Å². The van der Waals surface area contributed by atoms with E-state index in [1.54, 1.807) is 0 Å². The van der Waals surface area contributed by atoms with Crippen LogP contribution in [0.2, 0.25) is 0 Å². The summed E-state index contributed by atoms with van der Waals surface area (Å²) < 4.78 is 5.63. The zero-order valence-corrected chi connectivity index (χ0v) is 12.6. The molecule has 5 nitrogen and oxygen atoms in total. The van der Waals surface area contributed by atoms with Crippen LogP contribution in [-0.4, -0.2) is 44.6 Å². The van der Waals surface area contributed by atoms with Crippen LogP contribution in [0.3, 0.4) is 0 Å². The predicted octanol–water partition coefficient (Wildman–Crippen LogP) is 1.55. The van der Waals surface area contributed by atoms with Gasteiger partial charge in [0.15, 0.2) is 0 Å². The standard InChI is InChI=1S/C15H25N3O2/c1-12(11-16)9-15(19)17-13-5-4-6-14(10-13)20-8-7-18(2)3/h4-6,10,12H,7-9,11,16H2,1-3H3,(H,17,19). The van der Waals surface area contributed by atoms with Gasteiger partial charge in [0.1, 0.15) is 12.4 Å². The van der Waals surface area contributed by atoms with Crippen LogP contribution in [0.5, 0.6) is 5.75 Å². The van der Waals surface area contributed by atoms with E-state index in [9.17, 15) is 4.79 Å². The van der Waals surface area contributed by atoms with Crippen molar-refractivity contribution in [1.82, 2.24) is 4.90 Å². The largest absolute Gasteiger partial charge is 0.492 e. The first-order valence-corrected chi connectivity index (χ1v) is 6.88. The molecule has 0 heterocycles. The molecule has 0 saturated carbocycles. The average molecular weight is 279 g/mol. The number of anilines is 1. The summed E-state index contributed by atoms with van der Waals surface area (Å²) in [5.41, 5.74) is 6.26. The fraction of sp³-hybridized carbons (Fsp3) is 0.533. The first kappa shape index (κ1) is 16.5. The fourth-order valence-electron chi connectivity index (χ4n) is 1.62. The van der Waals surface area contributed by atoms with Gasteiger partial charge in [0.05, 0.1) is 0 Å². The first-order chi connectivity index (χ1) is 9.51. The lowest BCUT2D eigenvalue weighted by atomic mass is 10.1. The number of carbonyl (C=O) groups excluding carboxylic acids is 1. The van der Waals surface area contributed by atoms with E-state index in [2.05, 4.69) is 10.2 Å². The van der Waals surface area contributed by atoms with Crippen LogP contribution in [0.1, 0.15) is 13.3 Å². The number of benzene rings is 1. The number of nitrogens with one attached hydrogen (secondary N) is 1. The number of nitrogens with zero attached hydrogens (tertiary/aromatic N) is 1. The summed E-state index contributed by atoms with van der Waals surface area (Å²) in [4.78, 5) is 13.8. The van der Waals surface area contributed by atoms with Crippen molar-refractivity contribution in [1.29, 1.82) is 0 Å². The maximum Gasteiger partial charge on any atom is 0.224 e. The minimum atomic E-state index is -0.0200. The summed E-state index contributed by atoms with van der Waals surface area (Å²) in [5, 5.41) is 2.86. The number of rotatable bonds is 8. The van der Waals surface area contributed by atoms with E-state index in [0.29, 0.717) is 19.6 Å². The van der Waals surface area contributed by atoms with Gasteiger partial charge in [0, 0.05) is 24.7 Å². The molecule has 112 valence electrons. The Hall–Kier alpha value is -1.59. The highest BCUT2D eigenvalue weighted by Crippen LogP contribution is 2.17. The second-order valence-corrected chi connectivity index (χ2v) is 5.27. The Morgan fingerprint density at radius 3 is 2.85 bits per heavy atom. The molecule has 1 aromatic carbocycles. The highest BCUT2D eigenvalue weighted by Gasteiger charge is 2.08. The van der Waals surface area contributed by atoms with Crippen molar-refractivity contribution in [3.63, 3.8) is 0 Å². The smallest absolute Gasteiger partial charge is 0.224 e. The number of ether oxygens (including phenoxy) is 1. The van der Waals surface area contributed by atoms with Crippen molar-refractivity contribution >= 4 is 11.6 Å². The summed E-state index contributed by atoms with van der Waals surface area (Å²) in [6, 6.07) is 7.44. The minimum absolute atomic E-state index is 0.0200. The third-order valence-corrected chi connectivity index (χ3v) is 2.86. The molecule has 20 heavy (non-hydrogen) atoms.